The Kier molecular flexibility index (Phi) is 3.50. The van der Waals surface area contributed by atoms with Crippen molar-refractivity contribution in [1.29, 1.82) is 0 Å². The van der Waals surface area contributed by atoms with E-state index >= 15 is 0 Å². The first-order valence-corrected chi connectivity index (χ1v) is 6.53. The Labute approximate surface area is 102 Å². The van der Waals surface area contributed by atoms with Gasteiger partial charge in [-0.2, -0.15) is 4.98 Å². The number of nitrogens with two attached hydrogens (primary N) is 1. The van der Waals surface area contributed by atoms with Gasteiger partial charge in [-0.15, -0.1) is 0 Å². The molecule has 0 amide bonds. The molecule has 1 aliphatic rings. The molecule has 17 heavy (non-hydrogen) atoms. The van der Waals surface area contributed by atoms with Gasteiger partial charge in [-0.1, -0.05) is 20.3 Å². The molecular formula is C13H21N3O. The summed E-state index contributed by atoms with van der Waals surface area (Å²) in [5.74, 6) is 1.15. The molecular weight excluding hydrogens is 214 g/mol. The van der Waals surface area contributed by atoms with Crippen molar-refractivity contribution in [3.8, 4) is 0 Å². The van der Waals surface area contributed by atoms with E-state index in [0.717, 1.165) is 30.7 Å². The largest absolute Gasteiger partial charge is 0.383 e. The Morgan fingerprint density at radius 2 is 2.24 bits per heavy atom. The highest BCUT2D eigenvalue weighted by atomic mass is 16.1. The van der Waals surface area contributed by atoms with Crippen LogP contribution in [0.25, 0.3) is 0 Å². The fourth-order valence-corrected chi connectivity index (χ4v) is 2.73. The van der Waals surface area contributed by atoms with E-state index in [9.17, 15) is 4.79 Å². The molecule has 2 N–H and O–H groups in total. The smallest absolute Gasteiger partial charge is 0.349 e. The number of hydrogen-bond acceptors (Lipinski definition) is 3. The number of nitrogen functional groups attached to an aromatic ring is 1. The van der Waals surface area contributed by atoms with E-state index in [1.807, 2.05) is 13.1 Å². The van der Waals surface area contributed by atoms with Crippen molar-refractivity contribution in [2.45, 2.75) is 52.0 Å². The number of hydrogen-bond donors (Lipinski definition) is 1. The van der Waals surface area contributed by atoms with Gasteiger partial charge >= 0.3 is 5.69 Å². The third-order valence-corrected chi connectivity index (χ3v) is 3.93. The van der Waals surface area contributed by atoms with Gasteiger partial charge in [-0.05, 0) is 31.6 Å². The molecule has 4 heteroatoms. The highest BCUT2D eigenvalue weighted by molar-refractivity contribution is 5.36. The van der Waals surface area contributed by atoms with Gasteiger partial charge in [0.25, 0.3) is 0 Å². The number of anilines is 1. The molecule has 0 spiro atoms. The number of aromatic nitrogens is 2. The third kappa shape index (κ3) is 2.35. The second-order valence-corrected chi connectivity index (χ2v) is 4.94. The lowest BCUT2D eigenvalue weighted by molar-refractivity contribution is 0.452. The fourth-order valence-electron chi connectivity index (χ4n) is 2.73. The van der Waals surface area contributed by atoms with E-state index in [1.54, 1.807) is 4.57 Å². The van der Waals surface area contributed by atoms with Crippen molar-refractivity contribution in [2.24, 2.45) is 5.92 Å². The summed E-state index contributed by atoms with van der Waals surface area (Å²) in [6.45, 7) is 4.25. The summed E-state index contributed by atoms with van der Waals surface area (Å²) in [7, 11) is 0. The summed E-state index contributed by atoms with van der Waals surface area (Å²) < 4.78 is 1.80. The zero-order valence-electron chi connectivity index (χ0n) is 10.6. The van der Waals surface area contributed by atoms with Gasteiger partial charge in [-0.25, -0.2) is 4.79 Å². The summed E-state index contributed by atoms with van der Waals surface area (Å²) >= 11 is 0. The Hall–Kier alpha value is -1.32. The molecule has 94 valence electrons. The van der Waals surface area contributed by atoms with Crippen LogP contribution in [0, 0.1) is 5.92 Å². The minimum atomic E-state index is -0.193. The maximum absolute atomic E-state index is 11.9. The first-order valence-electron chi connectivity index (χ1n) is 6.53. The van der Waals surface area contributed by atoms with E-state index in [2.05, 4.69) is 11.9 Å². The summed E-state index contributed by atoms with van der Waals surface area (Å²) in [5, 5.41) is 0. The molecule has 0 aliphatic heterocycles. The van der Waals surface area contributed by atoms with Crippen LogP contribution in [-0.4, -0.2) is 9.55 Å². The monoisotopic (exact) mass is 235 g/mol. The Morgan fingerprint density at radius 1 is 1.47 bits per heavy atom. The molecule has 4 nitrogen and oxygen atoms in total. The Balaban J connectivity index is 2.30. The van der Waals surface area contributed by atoms with Crippen LogP contribution in [0.5, 0.6) is 0 Å². The van der Waals surface area contributed by atoms with Crippen molar-refractivity contribution in [3.63, 3.8) is 0 Å². The average molecular weight is 235 g/mol. The molecule has 0 aromatic carbocycles. The SMILES string of the molecule is CCc1cn(C2CCC(CC)C2)c(=O)nc1N. The zero-order valence-corrected chi connectivity index (χ0v) is 10.6. The summed E-state index contributed by atoms with van der Waals surface area (Å²) in [4.78, 5) is 15.8. The lowest BCUT2D eigenvalue weighted by atomic mass is 10.1. The molecule has 0 bridgehead atoms. The predicted molar refractivity (Wildman–Crippen MR) is 69.0 cm³/mol. The molecule has 1 aliphatic carbocycles. The molecule has 1 heterocycles. The van der Waals surface area contributed by atoms with Gasteiger partial charge in [0, 0.05) is 17.8 Å². The second-order valence-electron chi connectivity index (χ2n) is 4.94. The summed E-state index contributed by atoms with van der Waals surface area (Å²) in [6, 6.07) is 0.325. The number of nitrogens with zero attached hydrogens (tertiary/aromatic N) is 2. The van der Waals surface area contributed by atoms with Crippen LogP contribution in [-0.2, 0) is 6.42 Å². The van der Waals surface area contributed by atoms with Crippen LogP contribution in [0.3, 0.4) is 0 Å². The van der Waals surface area contributed by atoms with Gasteiger partial charge in [0.1, 0.15) is 5.82 Å². The van der Waals surface area contributed by atoms with Gasteiger partial charge in [0.2, 0.25) is 0 Å². The maximum Gasteiger partial charge on any atom is 0.349 e. The van der Waals surface area contributed by atoms with Crippen LogP contribution < -0.4 is 11.4 Å². The maximum atomic E-state index is 11.9. The van der Waals surface area contributed by atoms with Crippen molar-refractivity contribution in [1.82, 2.24) is 9.55 Å². The van der Waals surface area contributed by atoms with Crippen LogP contribution >= 0.6 is 0 Å². The lowest BCUT2D eigenvalue weighted by Gasteiger charge is -2.15. The first kappa shape index (κ1) is 12.1. The number of rotatable bonds is 3. The average Bonchev–Trinajstić information content (AvgIpc) is 2.78. The number of aryl methyl sites for hydroxylation is 1. The highest BCUT2D eigenvalue weighted by Gasteiger charge is 2.25. The van der Waals surface area contributed by atoms with Crippen molar-refractivity contribution in [2.75, 3.05) is 5.73 Å². The van der Waals surface area contributed by atoms with Gasteiger partial charge in [0.15, 0.2) is 0 Å². The minimum Gasteiger partial charge on any atom is -0.383 e. The van der Waals surface area contributed by atoms with E-state index in [4.69, 9.17) is 5.73 Å². The normalized spacial score (nSPS) is 24.1. The standard InChI is InChI=1S/C13H21N3O/c1-3-9-5-6-11(7-9)16-8-10(4-2)12(14)15-13(16)17/h8-9,11H,3-7H2,1-2H3,(H2,14,15,17). The van der Waals surface area contributed by atoms with E-state index in [0.29, 0.717) is 11.9 Å². The zero-order chi connectivity index (χ0) is 12.4. The first-order chi connectivity index (χ1) is 8.15. The molecule has 2 rings (SSSR count). The Bertz CT molecular complexity index is 452. The van der Waals surface area contributed by atoms with Gasteiger partial charge in [0.05, 0.1) is 0 Å². The van der Waals surface area contributed by atoms with E-state index in [1.165, 1.54) is 12.8 Å². The van der Waals surface area contributed by atoms with Crippen LogP contribution in [0.2, 0.25) is 0 Å². The van der Waals surface area contributed by atoms with E-state index in [-0.39, 0.29) is 5.69 Å². The molecule has 1 fully saturated rings. The fraction of sp³-hybridized carbons (Fsp3) is 0.692. The summed E-state index contributed by atoms with van der Waals surface area (Å²) in [6.07, 6.45) is 7.35. The lowest BCUT2D eigenvalue weighted by Crippen LogP contribution is -2.27. The molecule has 1 aromatic rings. The van der Waals surface area contributed by atoms with Crippen molar-refractivity contribution in [3.05, 3.63) is 22.2 Å². The third-order valence-electron chi connectivity index (χ3n) is 3.93. The van der Waals surface area contributed by atoms with Crippen molar-refractivity contribution >= 4 is 5.82 Å². The molecule has 1 aromatic heterocycles. The van der Waals surface area contributed by atoms with Crippen LogP contribution in [0.1, 0.15) is 51.1 Å². The molecule has 2 unspecified atom stereocenters. The molecule has 1 saturated carbocycles. The summed E-state index contributed by atoms with van der Waals surface area (Å²) in [5.41, 5.74) is 6.51. The predicted octanol–water partition coefficient (Wildman–Crippen LogP) is 2.14. The molecule has 0 radical (unpaired) electrons. The minimum absolute atomic E-state index is 0.193. The van der Waals surface area contributed by atoms with E-state index < -0.39 is 0 Å². The highest BCUT2D eigenvalue weighted by Crippen LogP contribution is 2.35. The van der Waals surface area contributed by atoms with Crippen LogP contribution in [0.15, 0.2) is 11.0 Å². The van der Waals surface area contributed by atoms with Crippen molar-refractivity contribution < 1.29 is 0 Å². The van der Waals surface area contributed by atoms with Gasteiger partial charge < -0.3 is 5.73 Å². The quantitative estimate of drug-likeness (QED) is 0.873. The van der Waals surface area contributed by atoms with Crippen LogP contribution in [0.4, 0.5) is 5.82 Å². The second kappa shape index (κ2) is 4.90. The molecule has 2 atom stereocenters. The topological polar surface area (TPSA) is 60.9 Å². The Morgan fingerprint density at radius 3 is 2.82 bits per heavy atom. The molecule has 0 saturated heterocycles. The van der Waals surface area contributed by atoms with Gasteiger partial charge in [-0.3, -0.25) is 4.57 Å².